The van der Waals surface area contributed by atoms with Crippen molar-refractivity contribution < 1.29 is 18.3 Å². The number of hydrogen-bond donors (Lipinski definition) is 1. The van der Waals surface area contributed by atoms with Crippen LogP contribution in [0.2, 0.25) is 0 Å². The molecule has 6 nitrogen and oxygen atoms in total. The van der Waals surface area contributed by atoms with E-state index in [-0.39, 0.29) is 13.0 Å². The minimum Gasteiger partial charge on any atom is -0.480 e. The summed E-state index contributed by atoms with van der Waals surface area (Å²) in [6.45, 7) is 0.0200. The Balaban J connectivity index is 4.30. The second-order valence-electron chi connectivity index (χ2n) is 2.38. The molecule has 74 valence electrons. The molecule has 0 atom stereocenters. The van der Waals surface area contributed by atoms with Gasteiger partial charge in [-0.25, -0.2) is 12.7 Å². The molecule has 0 saturated carbocycles. The van der Waals surface area contributed by atoms with Gasteiger partial charge in [-0.15, -0.1) is 0 Å². The summed E-state index contributed by atoms with van der Waals surface area (Å²) in [6, 6.07) is 1.77. The van der Waals surface area contributed by atoms with E-state index in [1.54, 1.807) is 6.07 Å². The lowest BCUT2D eigenvalue weighted by molar-refractivity contribution is -0.134. The fourth-order valence-corrected chi connectivity index (χ4v) is 1.51. The minimum atomic E-state index is -3.75. The van der Waals surface area contributed by atoms with Crippen molar-refractivity contribution in [1.82, 2.24) is 4.31 Å². The normalized spacial score (nSPS) is 11.2. The van der Waals surface area contributed by atoms with Gasteiger partial charge in [0.05, 0.1) is 6.07 Å². The van der Waals surface area contributed by atoms with Crippen molar-refractivity contribution in [3.8, 4) is 6.07 Å². The van der Waals surface area contributed by atoms with Crippen molar-refractivity contribution in [3.05, 3.63) is 0 Å². The lowest BCUT2D eigenvalue weighted by Gasteiger charge is -2.13. The average molecular weight is 206 g/mol. The Morgan fingerprint density at radius 3 is 2.54 bits per heavy atom. The number of sulfonamides is 1. The molecule has 0 aromatic heterocycles. The fraction of sp³-hybridized carbons (Fsp3) is 0.667. The highest BCUT2D eigenvalue weighted by molar-refractivity contribution is 7.89. The Kier molecular flexibility index (Phi) is 4.37. The van der Waals surface area contributed by atoms with E-state index in [4.69, 9.17) is 10.4 Å². The van der Waals surface area contributed by atoms with Crippen LogP contribution in [0, 0.1) is 11.3 Å². The Hall–Kier alpha value is -1.13. The fourth-order valence-electron chi connectivity index (χ4n) is 0.613. The maximum Gasteiger partial charge on any atom is 0.320 e. The van der Waals surface area contributed by atoms with Gasteiger partial charge in [-0.05, 0) is 0 Å². The van der Waals surface area contributed by atoms with Crippen molar-refractivity contribution in [1.29, 1.82) is 5.26 Å². The van der Waals surface area contributed by atoms with Crippen LogP contribution in [0.3, 0.4) is 0 Å². The number of carboxylic acid groups (broad SMARTS) is 1. The van der Waals surface area contributed by atoms with E-state index in [1.165, 1.54) is 7.05 Å². The van der Waals surface area contributed by atoms with Gasteiger partial charge in [0.25, 0.3) is 0 Å². The zero-order valence-electron chi connectivity index (χ0n) is 7.10. The SMILES string of the molecule is CN(CCC#N)S(=O)(=O)CC(=O)O. The molecule has 0 aromatic rings. The van der Waals surface area contributed by atoms with Crippen LogP contribution in [0.5, 0.6) is 0 Å². The topological polar surface area (TPSA) is 98.5 Å². The quantitative estimate of drug-likeness (QED) is 0.637. The minimum absolute atomic E-state index is 0.0200. The van der Waals surface area contributed by atoms with Crippen LogP contribution in [0.1, 0.15) is 6.42 Å². The average Bonchev–Trinajstić information content (AvgIpc) is 1.97. The van der Waals surface area contributed by atoms with E-state index in [9.17, 15) is 13.2 Å². The van der Waals surface area contributed by atoms with Crippen LogP contribution in [0.4, 0.5) is 0 Å². The van der Waals surface area contributed by atoms with Gasteiger partial charge in [-0.3, -0.25) is 4.79 Å². The number of rotatable bonds is 5. The maximum absolute atomic E-state index is 11.1. The monoisotopic (exact) mass is 206 g/mol. The van der Waals surface area contributed by atoms with Gasteiger partial charge in [-0.2, -0.15) is 5.26 Å². The number of carbonyl (C=O) groups is 1. The van der Waals surface area contributed by atoms with Gasteiger partial charge in [0, 0.05) is 20.0 Å². The number of hydrogen-bond acceptors (Lipinski definition) is 4. The first-order valence-corrected chi connectivity index (χ1v) is 5.04. The van der Waals surface area contributed by atoms with Gasteiger partial charge >= 0.3 is 5.97 Å². The standard InChI is InChI=1S/C6H10N2O4S/c1-8(4-2-3-7)13(11,12)5-6(9)10/h2,4-5H2,1H3,(H,9,10). The Morgan fingerprint density at radius 2 is 2.15 bits per heavy atom. The summed E-state index contributed by atoms with van der Waals surface area (Å²) in [5, 5.41) is 16.4. The largest absolute Gasteiger partial charge is 0.480 e. The van der Waals surface area contributed by atoms with Crippen LogP contribution >= 0.6 is 0 Å². The third-order valence-electron chi connectivity index (χ3n) is 1.32. The molecule has 7 heteroatoms. The molecule has 0 aliphatic heterocycles. The summed E-state index contributed by atoms with van der Waals surface area (Å²) >= 11 is 0. The zero-order valence-corrected chi connectivity index (χ0v) is 7.91. The number of carboxylic acids is 1. The number of nitrogens with zero attached hydrogens (tertiary/aromatic N) is 2. The molecule has 13 heavy (non-hydrogen) atoms. The highest BCUT2D eigenvalue weighted by atomic mass is 32.2. The van der Waals surface area contributed by atoms with Crippen LogP contribution in [0.25, 0.3) is 0 Å². The summed E-state index contributed by atoms with van der Waals surface area (Å²) in [4.78, 5) is 10.1. The molecule has 0 aromatic carbocycles. The second kappa shape index (κ2) is 4.79. The molecule has 0 spiro atoms. The summed E-state index contributed by atoms with van der Waals surface area (Å²) in [5.74, 6) is -2.33. The van der Waals surface area contributed by atoms with Crippen LogP contribution in [0.15, 0.2) is 0 Å². The molecule has 0 heterocycles. The molecule has 0 saturated heterocycles. The highest BCUT2D eigenvalue weighted by Gasteiger charge is 2.20. The van der Waals surface area contributed by atoms with E-state index < -0.39 is 21.7 Å². The van der Waals surface area contributed by atoms with E-state index in [1.807, 2.05) is 0 Å². The Labute approximate surface area is 76.4 Å². The van der Waals surface area contributed by atoms with E-state index in [0.717, 1.165) is 4.31 Å². The summed E-state index contributed by atoms with van der Waals surface area (Å²) in [6.07, 6.45) is 0.0509. The molecule has 0 unspecified atom stereocenters. The number of aliphatic carboxylic acids is 1. The maximum atomic E-state index is 11.1. The molecular weight excluding hydrogens is 196 g/mol. The van der Waals surface area contributed by atoms with Gasteiger partial charge in [0.2, 0.25) is 10.0 Å². The van der Waals surface area contributed by atoms with Crippen molar-refractivity contribution >= 4 is 16.0 Å². The number of nitriles is 1. The molecule has 0 amide bonds. The predicted molar refractivity (Wildman–Crippen MR) is 44.3 cm³/mol. The van der Waals surface area contributed by atoms with Gasteiger partial charge in [-0.1, -0.05) is 0 Å². The predicted octanol–water partition coefficient (Wildman–Crippen LogP) is -0.754. The molecule has 0 radical (unpaired) electrons. The van der Waals surface area contributed by atoms with Gasteiger partial charge < -0.3 is 5.11 Å². The smallest absolute Gasteiger partial charge is 0.320 e. The van der Waals surface area contributed by atoms with E-state index in [2.05, 4.69) is 0 Å². The molecule has 1 N–H and O–H groups in total. The molecule has 0 bridgehead atoms. The third-order valence-corrected chi connectivity index (χ3v) is 3.06. The van der Waals surface area contributed by atoms with Crippen molar-refractivity contribution in [2.75, 3.05) is 19.3 Å². The summed E-state index contributed by atoms with van der Waals surface area (Å²) in [7, 11) is -2.50. The second-order valence-corrected chi connectivity index (χ2v) is 4.46. The molecule has 0 aliphatic rings. The van der Waals surface area contributed by atoms with Crippen LogP contribution in [-0.2, 0) is 14.8 Å². The summed E-state index contributed by atoms with van der Waals surface area (Å²) < 4.78 is 23.0. The zero-order chi connectivity index (χ0) is 10.5. The first kappa shape index (κ1) is 11.9. The summed E-state index contributed by atoms with van der Waals surface area (Å²) in [5.41, 5.74) is 0. The van der Waals surface area contributed by atoms with Crippen molar-refractivity contribution in [3.63, 3.8) is 0 Å². The van der Waals surface area contributed by atoms with E-state index >= 15 is 0 Å². The first-order chi connectivity index (χ1) is 5.90. The first-order valence-electron chi connectivity index (χ1n) is 3.43. The van der Waals surface area contributed by atoms with Crippen LogP contribution < -0.4 is 0 Å². The Bertz CT molecular complexity index is 316. The lowest BCUT2D eigenvalue weighted by Crippen LogP contribution is -2.32. The Morgan fingerprint density at radius 1 is 1.62 bits per heavy atom. The molecule has 0 rings (SSSR count). The van der Waals surface area contributed by atoms with Gasteiger partial charge in [0.1, 0.15) is 0 Å². The van der Waals surface area contributed by atoms with Gasteiger partial charge in [0.15, 0.2) is 5.75 Å². The highest BCUT2D eigenvalue weighted by Crippen LogP contribution is 1.98. The van der Waals surface area contributed by atoms with Crippen LogP contribution in [-0.4, -0.2) is 43.1 Å². The van der Waals surface area contributed by atoms with Crippen molar-refractivity contribution in [2.45, 2.75) is 6.42 Å². The van der Waals surface area contributed by atoms with Crippen molar-refractivity contribution in [2.24, 2.45) is 0 Å². The third kappa shape index (κ3) is 4.45. The molecular formula is C6H10N2O4S. The van der Waals surface area contributed by atoms with E-state index in [0.29, 0.717) is 0 Å². The molecule has 0 aliphatic carbocycles. The lowest BCUT2D eigenvalue weighted by atomic mass is 10.5. The molecule has 0 fully saturated rings.